The largest absolute Gasteiger partial charge is 0.348 e. The molecule has 0 radical (unpaired) electrons. The summed E-state index contributed by atoms with van der Waals surface area (Å²) in [4.78, 5) is 12.0. The normalized spacial score (nSPS) is 10.3. The number of nitrogens with one attached hydrogen (secondary N) is 2. The van der Waals surface area contributed by atoms with Gasteiger partial charge < -0.3 is 10.7 Å². The van der Waals surface area contributed by atoms with Crippen LogP contribution in [0.3, 0.4) is 0 Å². The smallest absolute Gasteiger partial charge is 0.253 e. The highest BCUT2D eigenvalue weighted by atomic mass is 32.1. The van der Waals surface area contributed by atoms with Crippen LogP contribution in [0.25, 0.3) is 0 Å². The minimum absolute atomic E-state index is 0.00189. The van der Waals surface area contributed by atoms with Gasteiger partial charge in [0.15, 0.2) is 0 Å². The van der Waals surface area contributed by atoms with E-state index in [0.29, 0.717) is 6.54 Å². The van der Waals surface area contributed by atoms with Gasteiger partial charge in [-0.3, -0.25) is 10.6 Å². The Bertz CT molecular complexity index is 597. The Kier molecular flexibility index (Phi) is 4.13. The Labute approximate surface area is 114 Å². The van der Waals surface area contributed by atoms with E-state index in [1.165, 1.54) is 18.2 Å². The molecule has 2 aromatic rings. The molecule has 1 aromatic heterocycles. The number of hydrogen-bond acceptors (Lipinski definition) is 4. The Balaban J connectivity index is 2.12. The number of benzene rings is 1. The summed E-state index contributed by atoms with van der Waals surface area (Å²) in [6.45, 7) is 2.39. The Morgan fingerprint density at radius 3 is 2.84 bits per heavy atom. The van der Waals surface area contributed by atoms with Crippen molar-refractivity contribution in [3.05, 3.63) is 51.5 Å². The fourth-order valence-corrected chi connectivity index (χ4v) is 2.56. The average molecular weight is 279 g/mol. The van der Waals surface area contributed by atoms with Gasteiger partial charge in [0.2, 0.25) is 0 Å². The number of carbonyl (C=O) groups excluding carboxylic acids is 1. The third-order valence-corrected chi connectivity index (χ3v) is 3.71. The van der Waals surface area contributed by atoms with Gasteiger partial charge in [-0.1, -0.05) is 6.07 Å². The monoisotopic (exact) mass is 279 g/mol. The first-order valence-electron chi connectivity index (χ1n) is 5.68. The minimum atomic E-state index is -0.554. The maximum atomic E-state index is 13.5. The molecule has 0 atom stereocenters. The number of nitrogen functional groups attached to an aromatic ring is 1. The van der Waals surface area contributed by atoms with Crippen LogP contribution < -0.4 is 16.6 Å². The summed E-state index contributed by atoms with van der Waals surface area (Å²) in [5.74, 6) is 4.32. The fraction of sp³-hybridized carbons (Fsp3) is 0.154. The fourth-order valence-electron chi connectivity index (χ4n) is 1.70. The van der Waals surface area contributed by atoms with Gasteiger partial charge in [-0.05, 0) is 40.9 Å². The zero-order valence-electron chi connectivity index (χ0n) is 10.4. The summed E-state index contributed by atoms with van der Waals surface area (Å²) in [5.41, 5.74) is 4.59. The van der Waals surface area contributed by atoms with Crippen molar-refractivity contribution in [3.63, 3.8) is 0 Å². The van der Waals surface area contributed by atoms with Gasteiger partial charge in [0.05, 0.1) is 11.3 Å². The molecule has 2 rings (SSSR count). The van der Waals surface area contributed by atoms with E-state index in [1.54, 1.807) is 11.3 Å². The standard InChI is InChI=1S/C13H14FN3OS/c1-8-6-19-7-9(8)5-16-13(18)10-3-2-4-11(14)12(10)17-15/h2-4,6-7,17H,5,15H2,1H3,(H,16,18). The molecular weight excluding hydrogens is 265 g/mol. The van der Waals surface area contributed by atoms with Crippen molar-refractivity contribution >= 4 is 22.9 Å². The van der Waals surface area contributed by atoms with Crippen molar-refractivity contribution in [3.8, 4) is 0 Å². The number of rotatable bonds is 4. The third kappa shape index (κ3) is 2.91. The first kappa shape index (κ1) is 13.5. The molecular formula is C13H14FN3OS. The average Bonchev–Trinajstić information content (AvgIpc) is 2.81. The van der Waals surface area contributed by atoms with Crippen LogP contribution in [0.2, 0.25) is 0 Å². The predicted molar refractivity (Wildman–Crippen MR) is 74.4 cm³/mol. The molecule has 0 fully saturated rings. The Morgan fingerprint density at radius 1 is 1.42 bits per heavy atom. The lowest BCUT2D eigenvalue weighted by Gasteiger charge is -2.10. The number of halogens is 1. The van der Waals surface area contributed by atoms with Gasteiger partial charge in [0, 0.05) is 6.54 Å². The molecule has 100 valence electrons. The first-order valence-corrected chi connectivity index (χ1v) is 6.62. The van der Waals surface area contributed by atoms with Crippen molar-refractivity contribution in [1.82, 2.24) is 5.32 Å². The molecule has 1 amide bonds. The van der Waals surface area contributed by atoms with E-state index >= 15 is 0 Å². The molecule has 4 nitrogen and oxygen atoms in total. The second-order valence-electron chi connectivity index (χ2n) is 4.07. The van der Waals surface area contributed by atoms with Crippen LogP contribution in [-0.2, 0) is 6.54 Å². The van der Waals surface area contributed by atoms with Crippen LogP contribution in [0.15, 0.2) is 29.0 Å². The summed E-state index contributed by atoms with van der Waals surface area (Å²) in [6, 6.07) is 4.24. The second-order valence-corrected chi connectivity index (χ2v) is 4.81. The number of para-hydroxylation sites is 1. The van der Waals surface area contributed by atoms with Gasteiger partial charge >= 0.3 is 0 Å². The number of aryl methyl sites for hydroxylation is 1. The minimum Gasteiger partial charge on any atom is -0.348 e. The van der Waals surface area contributed by atoms with E-state index in [0.717, 1.165) is 11.1 Å². The molecule has 0 saturated heterocycles. The number of nitrogens with two attached hydrogens (primary N) is 1. The lowest BCUT2D eigenvalue weighted by Crippen LogP contribution is -2.25. The summed E-state index contributed by atoms with van der Waals surface area (Å²) < 4.78 is 13.5. The van der Waals surface area contributed by atoms with Crippen molar-refractivity contribution < 1.29 is 9.18 Å². The molecule has 1 heterocycles. The topological polar surface area (TPSA) is 67.2 Å². The van der Waals surface area contributed by atoms with E-state index in [9.17, 15) is 9.18 Å². The molecule has 0 aliphatic carbocycles. The number of carbonyl (C=O) groups is 1. The molecule has 1 aromatic carbocycles. The second kappa shape index (κ2) is 5.81. The summed E-state index contributed by atoms with van der Waals surface area (Å²) in [5, 5.41) is 6.74. The third-order valence-electron chi connectivity index (χ3n) is 2.80. The number of anilines is 1. The van der Waals surface area contributed by atoms with E-state index in [4.69, 9.17) is 5.84 Å². The first-order chi connectivity index (χ1) is 9.13. The summed E-state index contributed by atoms with van der Waals surface area (Å²) >= 11 is 1.58. The van der Waals surface area contributed by atoms with Crippen molar-refractivity contribution in [2.45, 2.75) is 13.5 Å². The van der Waals surface area contributed by atoms with E-state index in [2.05, 4.69) is 10.7 Å². The van der Waals surface area contributed by atoms with Crippen LogP contribution >= 0.6 is 11.3 Å². The highest BCUT2D eigenvalue weighted by Crippen LogP contribution is 2.19. The predicted octanol–water partition coefficient (Wildman–Crippen LogP) is 2.41. The molecule has 0 aliphatic heterocycles. The molecule has 0 spiro atoms. The maximum Gasteiger partial charge on any atom is 0.253 e. The Hall–Kier alpha value is -1.92. The number of amides is 1. The number of hydrogen-bond donors (Lipinski definition) is 3. The SMILES string of the molecule is Cc1cscc1CNC(=O)c1cccc(F)c1NN. The van der Waals surface area contributed by atoms with Gasteiger partial charge in [0.1, 0.15) is 5.82 Å². The van der Waals surface area contributed by atoms with E-state index < -0.39 is 5.82 Å². The molecule has 19 heavy (non-hydrogen) atoms. The van der Waals surface area contributed by atoms with E-state index in [1.807, 2.05) is 17.7 Å². The molecule has 0 unspecified atom stereocenters. The quantitative estimate of drug-likeness (QED) is 0.595. The van der Waals surface area contributed by atoms with Crippen LogP contribution in [0.5, 0.6) is 0 Å². The zero-order valence-corrected chi connectivity index (χ0v) is 11.2. The highest BCUT2D eigenvalue weighted by Gasteiger charge is 2.14. The zero-order chi connectivity index (χ0) is 13.8. The summed E-state index contributed by atoms with van der Waals surface area (Å²) in [6.07, 6.45) is 0. The van der Waals surface area contributed by atoms with E-state index in [-0.39, 0.29) is 17.2 Å². The molecule has 0 bridgehead atoms. The summed E-state index contributed by atoms with van der Waals surface area (Å²) in [7, 11) is 0. The lowest BCUT2D eigenvalue weighted by molar-refractivity contribution is 0.0951. The van der Waals surface area contributed by atoms with Crippen molar-refractivity contribution in [1.29, 1.82) is 0 Å². The van der Waals surface area contributed by atoms with Gasteiger partial charge in [-0.25, -0.2) is 4.39 Å². The van der Waals surface area contributed by atoms with Crippen LogP contribution in [0, 0.1) is 12.7 Å². The molecule has 6 heteroatoms. The number of thiophene rings is 1. The van der Waals surface area contributed by atoms with Crippen LogP contribution in [-0.4, -0.2) is 5.91 Å². The van der Waals surface area contributed by atoms with Crippen molar-refractivity contribution in [2.75, 3.05) is 5.43 Å². The van der Waals surface area contributed by atoms with Gasteiger partial charge in [-0.2, -0.15) is 11.3 Å². The van der Waals surface area contributed by atoms with Crippen LogP contribution in [0.4, 0.5) is 10.1 Å². The number of hydrazine groups is 1. The highest BCUT2D eigenvalue weighted by molar-refractivity contribution is 7.08. The van der Waals surface area contributed by atoms with Gasteiger partial charge in [0.25, 0.3) is 5.91 Å². The molecule has 0 saturated carbocycles. The Morgan fingerprint density at radius 2 is 2.21 bits per heavy atom. The van der Waals surface area contributed by atoms with Crippen LogP contribution in [0.1, 0.15) is 21.5 Å². The molecule has 4 N–H and O–H groups in total. The molecule has 0 aliphatic rings. The lowest BCUT2D eigenvalue weighted by atomic mass is 10.1. The van der Waals surface area contributed by atoms with Crippen molar-refractivity contribution in [2.24, 2.45) is 5.84 Å². The maximum absolute atomic E-state index is 13.5. The van der Waals surface area contributed by atoms with Gasteiger partial charge in [-0.15, -0.1) is 0 Å².